The second-order valence-electron chi connectivity index (χ2n) is 9.10. The maximum atomic E-state index is 13.3. The van der Waals surface area contributed by atoms with E-state index in [1.165, 1.54) is 0 Å². The van der Waals surface area contributed by atoms with Crippen molar-refractivity contribution in [3.05, 3.63) is 35.9 Å². The number of carbonyl (C=O) groups is 2. The second-order valence-corrected chi connectivity index (χ2v) is 9.10. The van der Waals surface area contributed by atoms with Crippen molar-refractivity contribution in [1.82, 2.24) is 0 Å². The number of nitriles is 1. The van der Waals surface area contributed by atoms with Crippen LogP contribution in [0, 0.1) is 17.2 Å². The van der Waals surface area contributed by atoms with Gasteiger partial charge in [0.1, 0.15) is 0 Å². The van der Waals surface area contributed by atoms with Gasteiger partial charge in [0.15, 0.2) is 6.04 Å². The number of nitrogens with two attached hydrogens (primary N) is 1. The third-order valence-electron chi connectivity index (χ3n) is 7.05. The smallest absolute Gasteiger partial charge is 0.314 e. The number of likely N-dealkylation sites (tertiary alicyclic amines) is 1. The summed E-state index contributed by atoms with van der Waals surface area (Å²) in [6.45, 7) is 7.72. The van der Waals surface area contributed by atoms with Crippen LogP contribution in [0.3, 0.4) is 0 Å². The summed E-state index contributed by atoms with van der Waals surface area (Å²) in [5, 5.41) is 10.0. The molecule has 0 aliphatic carbocycles. The average molecular weight is 413 g/mol. The van der Waals surface area contributed by atoms with E-state index in [1.54, 1.807) is 0 Å². The summed E-state index contributed by atoms with van der Waals surface area (Å²) >= 11 is 0. The minimum absolute atomic E-state index is 0.150. The highest BCUT2D eigenvalue weighted by Gasteiger charge is 2.49. The minimum atomic E-state index is -0.540. The predicted molar refractivity (Wildman–Crippen MR) is 119 cm³/mol. The number of nitrogens with zero attached hydrogens (tertiary/aromatic N) is 2. The van der Waals surface area contributed by atoms with Crippen LogP contribution in [-0.2, 0) is 15.0 Å². The van der Waals surface area contributed by atoms with Gasteiger partial charge < -0.3 is 5.73 Å². The molecule has 1 aliphatic heterocycles. The lowest BCUT2D eigenvalue weighted by atomic mass is 9.69. The molecule has 0 saturated carbocycles. The number of hydrogen-bond acceptors (Lipinski definition) is 3. The van der Waals surface area contributed by atoms with Crippen LogP contribution in [0.25, 0.3) is 0 Å². The van der Waals surface area contributed by atoms with Gasteiger partial charge in [-0.25, -0.2) is 4.79 Å². The number of rotatable bonds is 11. The van der Waals surface area contributed by atoms with E-state index < -0.39 is 5.41 Å². The first-order chi connectivity index (χ1) is 14.3. The van der Waals surface area contributed by atoms with Crippen molar-refractivity contribution in [2.75, 3.05) is 13.1 Å². The first-order valence-electron chi connectivity index (χ1n) is 11.5. The fourth-order valence-corrected chi connectivity index (χ4v) is 5.14. The van der Waals surface area contributed by atoms with Crippen molar-refractivity contribution in [3.63, 3.8) is 0 Å². The van der Waals surface area contributed by atoms with Gasteiger partial charge in [-0.2, -0.15) is 5.26 Å². The molecule has 0 aromatic heterocycles. The molecule has 2 amide bonds. The molecule has 1 fully saturated rings. The number of hydrogen-bond donors (Lipinski definition) is 1. The maximum Gasteiger partial charge on any atom is 0.314 e. The largest absolute Gasteiger partial charge is 0.364 e. The fourth-order valence-electron chi connectivity index (χ4n) is 5.14. The van der Waals surface area contributed by atoms with E-state index in [1.807, 2.05) is 30.3 Å². The Morgan fingerprint density at radius 3 is 2.50 bits per heavy atom. The normalized spacial score (nSPS) is 23.1. The number of unbranched alkanes of at least 4 members (excludes halogenated alkanes) is 2. The zero-order valence-corrected chi connectivity index (χ0v) is 18.9. The summed E-state index contributed by atoms with van der Waals surface area (Å²) in [4.78, 5) is 25.3. The summed E-state index contributed by atoms with van der Waals surface area (Å²) < 4.78 is 0.245. The van der Waals surface area contributed by atoms with Gasteiger partial charge in [0, 0.05) is 12.8 Å². The van der Waals surface area contributed by atoms with E-state index >= 15 is 0 Å². The maximum absolute atomic E-state index is 13.3. The van der Waals surface area contributed by atoms with Crippen LogP contribution in [0.5, 0.6) is 0 Å². The number of benzene rings is 1. The highest BCUT2D eigenvalue weighted by Crippen LogP contribution is 2.37. The van der Waals surface area contributed by atoms with Gasteiger partial charge in [-0.05, 0) is 30.7 Å². The summed E-state index contributed by atoms with van der Waals surface area (Å²) in [6, 6.07) is 12.2. The fraction of sp³-hybridized carbons (Fsp3) is 0.640. The third-order valence-corrected chi connectivity index (χ3v) is 7.05. The monoisotopic (exact) mass is 412 g/mol. The molecule has 1 saturated heterocycles. The van der Waals surface area contributed by atoms with E-state index in [0.717, 1.165) is 50.6 Å². The van der Waals surface area contributed by atoms with E-state index in [2.05, 4.69) is 26.8 Å². The molecule has 1 aromatic carbocycles. The van der Waals surface area contributed by atoms with Crippen molar-refractivity contribution in [2.24, 2.45) is 11.7 Å². The highest BCUT2D eigenvalue weighted by molar-refractivity contribution is 5.82. The Balaban J connectivity index is 2.06. The van der Waals surface area contributed by atoms with Crippen molar-refractivity contribution in [1.29, 1.82) is 5.26 Å². The Hall–Kier alpha value is -2.19. The van der Waals surface area contributed by atoms with Gasteiger partial charge in [0.2, 0.25) is 0 Å². The Kier molecular flexibility index (Phi) is 8.61. The SMILES string of the molecule is CCCC[N@@+]1(C(=O)CCCC[C@@](C#N)(c2ccccc2)C(C)C)CCCC1C(N)=O. The van der Waals surface area contributed by atoms with Crippen LogP contribution < -0.4 is 5.73 Å². The van der Waals surface area contributed by atoms with Crippen LogP contribution in [0.2, 0.25) is 0 Å². The van der Waals surface area contributed by atoms with Crippen molar-refractivity contribution < 1.29 is 14.1 Å². The Morgan fingerprint density at radius 2 is 1.93 bits per heavy atom. The van der Waals surface area contributed by atoms with Gasteiger partial charge in [0.05, 0.1) is 31.0 Å². The molecule has 164 valence electrons. The molecule has 3 atom stereocenters. The van der Waals surface area contributed by atoms with Gasteiger partial charge in [-0.15, -0.1) is 0 Å². The molecule has 5 heteroatoms. The lowest BCUT2D eigenvalue weighted by Crippen LogP contribution is -2.60. The second kappa shape index (κ2) is 10.7. The highest BCUT2D eigenvalue weighted by atomic mass is 16.2. The van der Waals surface area contributed by atoms with E-state index in [9.17, 15) is 14.9 Å². The van der Waals surface area contributed by atoms with Gasteiger partial charge in [-0.3, -0.25) is 9.28 Å². The summed E-state index contributed by atoms with van der Waals surface area (Å²) in [5.74, 6) is -0.0118. The molecule has 1 unspecified atom stereocenters. The summed E-state index contributed by atoms with van der Waals surface area (Å²) in [5.41, 5.74) is 6.18. The van der Waals surface area contributed by atoms with Crippen LogP contribution in [0.1, 0.15) is 77.7 Å². The molecule has 0 spiro atoms. The van der Waals surface area contributed by atoms with Gasteiger partial charge >= 0.3 is 5.91 Å². The van der Waals surface area contributed by atoms with E-state index in [-0.39, 0.29) is 28.3 Å². The average Bonchev–Trinajstić information content (AvgIpc) is 3.18. The predicted octanol–water partition coefficient (Wildman–Crippen LogP) is 4.46. The number of carbonyl (C=O) groups excluding carboxylic acids is 2. The number of primary amides is 1. The molecule has 1 aromatic rings. The lowest BCUT2D eigenvalue weighted by Gasteiger charge is -2.36. The third kappa shape index (κ3) is 4.92. The Bertz CT molecular complexity index is 755. The molecule has 1 heterocycles. The summed E-state index contributed by atoms with van der Waals surface area (Å²) in [7, 11) is 0. The molecule has 5 nitrogen and oxygen atoms in total. The van der Waals surface area contributed by atoms with Gasteiger partial charge in [-0.1, -0.05) is 63.9 Å². The first-order valence-corrected chi connectivity index (χ1v) is 11.5. The van der Waals surface area contributed by atoms with Crippen LogP contribution in [0.4, 0.5) is 0 Å². The van der Waals surface area contributed by atoms with E-state index in [4.69, 9.17) is 5.73 Å². The quantitative estimate of drug-likeness (QED) is 0.430. The van der Waals surface area contributed by atoms with Crippen LogP contribution in [-0.4, -0.2) is 35.4 Å². The first kappa shape index (κ1) is 24.1. The molecule has 0 bridgehead atoms. The molecular formula is C25H38N3O2+. The topological polar surface area (TPSA) is 83.9 Å². The Morgan fingerprint density at radius 1 is 1.23 bits per heavy atom. The molecule has 30 heavy (non-hydrogen) atoms. The molecular weight excluding hydrogens is 374 g/mol. The lowest BCUT2D eigenvalue weighted by molar-refractivity contribution is -0.858. The number of amides is 2. The van der Waals surface area contributed by atoms with E-state index in [0.29, 0.717) is 19.4 Å². The molecule has 1 aliphatic rings. The van der Waals surface area contributed by atoms with Crippen LogP contribution >= 0.6 is 0 Å². The van der Waals surface area contributed by atoms with Crippen molar-refractivity contribution in [2.45, 2.75) is 83.6 Å². The molecule has 0 radical (unpaired) electrons. The minimum Gasteiger partial charge on any atom is -0.364 e. The number of quaternary nitrogens is 1. The zero-order valence-electron chi connectivity index (χ0n) is 18.9. The zero-order chi connectivity index (χ0) is 22.2. The van der Waals surface area contributed by atoms with Crippen LogP contribution in [0.15, 0.2) is 30.3 Å². The van der Waals surface area contributed by atoms with Crippen molar-refractivity contribution >= 4 is 11.8 Å². The molecule has 2 rings (SSSR count). The molecule has 2 N–H and O–H groups in total. The van der Waals surface area contributed by atoms with Crippen molar-refractivity contribution in [3.8, 4) is 6.07 Å². The standard InChI is InChI=1S/C25H37N3O2/c1-4-5-17-28(18-11-14-22(28)24(27)30)23(29)15-9-10-16-25(19-26,20(2)3)21-12-7-6-8-13-21/h6-8,12-13,20,22H,4-5,9-11,14-18H2,1-3H3,(H-,27,30)/p+1/t22?,25-,28+/m0/s1. The summed E-state index contributed by atoms with van der Waals surface area (Å²) in [6.07, 6.45) is 6.23. The Labute approximate surface area is 181 Å². The van der Waals surface area contributed by atoms with Gasteiger partial charge in [0.25, 0.3) is 5.91 Å².